The molecule has 0 atom stereocenters. The van der Waals surface area contributed by atoms with Crippen LogP contribution in [0.15, 0.2) is 17.6 Å². The van der Waals surface area contributed by atoms with E-state index < -0.39 is 7.82 Å². The molecule has 0 unspecified atom stereocenters. The fraction of sp³-hybridized carbons (Fsp3) is 0. The van der Waals surface area contributed by atoms with Gasteiger partial charge in [0.05, 0.1) is 0 Å². The molecule has 0 bridgehead atoms. The van der Waals surface area contributed by atoms with Crippen LogP contribution in [0.25, 0.3) is 0 Å². The van der Waals surface area contributed by atoms with E-state index in [1.807, 2.05) is 11.4 Å². The fourth-order valence-electron chi connectivity index (χ4n) is 0.176. The summed E-state index contributed by atoms with van der Waals surface area (Å²) < 4.78 is 12.3. The number of nitrogens with zero attached hydrogens (tertiary/aromatic N) is 1. The molecule has 0 aliphatic carbocycles. The van der Waals surface area contributed by atoms with Gasteiger partial charge >= 0.3 is 0 Å². The Balaban J connectivity index is 0. The van der Waals surface area contributed by atoms with E-state index in [-0.39, 0.29) is 17.1 Å². The molecular weight excluding hydrogens is 241 g/mol. The van der Waals surface area contributed by atoms with Crippen molar-refractivity contribution in [2.75, 3.05) is 0 Å². The Kier molecular flexibility index (Phi) is 8.72. The van der Waals surface area contributed by atoms with Gasteiger partial charge in [0, 0.05) is 28.6 Å². The molecule has 5 nitrogen and oxygen atoms in total. The third-order valence-electron chi connectivity index (χ3n) is 0.347. The van der Waals surface area contributed by atoms with Crippen LogP contribution in [0, 0.1) is 0 Å². The Morgan fingerprint density at radius 3 is 1.91 bits per heavy atom. The standard InChI is InChI=1S/C3H3NS.Cu.H3O4P/c1-2-4-5-3-1;;1-5(2,3)4/h1-3H;;(H3,1,2,3,4)/p-3. The summed E-state index contributed by atoms with van der Waals surface area (Å²) in [5.74, 6) is 0. The smallest absolute Gasteiger partial charge is 0.0406 e. The van der Waals surface area contributed by atoms with Crippen molar-refractivity contribution in [3.05, 3.63) is 17.6 Å². The van der Waals surface area contributed by atoms with Crippen LogP contribution in [0.5, 0.6) is 0 Å². The third-order valence-corrected chi connectivity index (χ3v) is 0.869. The van der Waals surface area contributed by atoms with Crippen molar-refractivity contribution in [3.63, 3.8) is 0 Å². The first kappa shape index (κ1) is 13.8. The molecule has 1 aromatic rings. The van der Waals surface area contributed by atoms with Gasteiger partial charge in [-0.15, -0.1) is 0 Å². The Morgan fingerprint density at radius 1 is 1.36 bits per heavy atom. The van der Waals surface area contributed by atoms with Crippen LogP contribution in [0.4, 0.5) is 0 Å². The summed E-state index contributed by atoms with van der Waals surface area (Å²) in [5, 5.41) is 1.93. The van der Waals surface area contributed by atoms with Crippen molar-refractivity contribution in [2.45, 2.75) is 0 Å². The van der Waals surface area contributed by atoms with Crippen molar-refractivity contribution >= 4 is 19.4 Å². The molecule has 0 saturated heterocycles. The van der Waals surface area contributed by atoms with Gasteiger partial charge in [-0.05, 0) is 17.6 Å². The minimum atomic E-state index is -5.39. The van der Waals surface area contributed by atoms with Gasteiger partial charge in [-0.1, -0.05) is 0 Å². The van der Waals surface area contributed by atoms with E-state index in [2.05, 4.69) is 4.37 Å². The minimum Gasteiger partial charge on any atom is -0.822 e. The molecule has 1 aromatic heterocycles. The molecule has 1 radical (unpaired) electrons. The molecule has 0 amide bonds. The van der Waals surface area contributed by atoms with Gasteiger partial charge in [-0.3, -0.25) is 0 Å². The van der Waals surface area contributed by atoms with Crippen molar-refractivity contribution in [1.82, 2.24) is 4.37 Å². The maximum Gasteiger partial charge on any atom is 0.0406 e. The maximum atomic E-state index is 8.55. The first-order valence-electron chi connectivity index (χ1n) is 2.07. The average Bonchev–Trinajstić information content (AvgIpc) is 2.07. The second-order valence-electron chi connectivity index (χ2n) is 1.14. The number of hydrogen-bond acceptors (Lipinski definition) is 6. The molecule has 0 aliphatic rings. The molecule has 1 heterocycles. The van der Waals surface area contributed by atoms with Crippen molar-refractivity contribution < 1.29 is 36.3 Å². The molecule has 0 N–H and O–H groups in total. The molecule has 69 valence electrons. The molecule has 0 spiro atoms. The van der Waals surface area contributed by atoms with E-state index in [9.17, 15) is 0 Å². The maximum absolute atomic E-state index is 8.55. The average molecular weight is 244 g/mol. The number of rotatable bonds is 0. The molecule has 0 aromatic carbocycles. The molecule has 0 aliphatic heterocycles. The van der Waals surface area contributed by atoms with Gasteiger partial charge < -0.3 is 19.2 Å². The predicted molar refractivity (Wildman–Crippen MR) is 29.7 cm³/mol. The Labute approximate surface area is 78.0 Å². The molecule has 0 saturated carbocycles. The zero-order valence-electron chi connectivity index (χ0n) is 4.97. The van der Waals surface area contributed by atoms with Crippen LogP contribution in [-0.2, 0) is 21.6 Å². The summed E-state index contributed by atoms with van der Waals surface area (Å²) >= 11 is 1.46. The zero-order valence-corrected chi connectivity index (χ0v) is 7.62. The summed E-state index contributed by atoms with van der Waals surface area (Å²) in [6.07, 6.45) is 1.77. The van der Waals surface area contributed by atoms with Gasteiger partial charge in [0.1, 0.15) is 0 Å². The Morgan fingerprint density at radius 2 is 1.82 bits per heavy atom. The second-order valence-corrected chi connectivity index (χ2v) is 2.72. The van der Waals surface area contributed by atoms with E-state index in [0.717, 1.165) is 0 Å². The first-order valence-corrected chi connectivity index (χ1v) is 4.37. The monoisotopic (exact) mass is 243 g/mol. The van der Waals surface area contributed by atoms with Crippen molar-refractivity contribution in [3.8, 4) is 0 Å². The van der Waals surface area contributed by atoms with Crippen molar-refractivity contribution in [2.24, 2.45) is 0 Å². The van der Waals surface area contributed by atoms with Crippen LogP contribution in [-0.4, -0.2) is 4.37 Å². The third kappa shape index (κ3) is 25.3. The van der Waals surface area contributed by atoms with E-state index in [4.69, 9.17) is 19.2 Å². The topological polar surface area (TPSA) is 99.1 Å². The Hall–Kier alpha value is 0.259. The summed E-state index contributed by atoms with van der Waals surface area (Å²) in [7, 11) is -5.39. The van der Waals surface area contributed by atoms with Gasteiger partial charge in [-0.2, -0.15) is 7.82 Å². The van der Waals surface area contributed by atoms with E-state index in [0.29, 0.717) is 0 Å². The molecule has 1 rings (SSSR count). The Bertz CT molecular complexity index is 174. The second kappa shape index (κ2) is 6.94. The summed E-state index contributed by atoms with van der Waals surface area (Å²) in [5.41, 5.74) is 0. The molecule has 11 heavy (non-hydrogen) atoms. The zero-order chi connectivity index (χ0) is 8.04. The largest absolute Gasteiger partial charge is 0.822 e. The predicted octanol–water partition coefficient (Wildman–Crippen LogP) is -1.68. The minimum absolute atomic E-state index is 0. The van der Waals surface area contributed by atoms with Crippen molar-refractivity contribution in [1.29, 1.82) is 0 Å². The molecule has 8 heteroatoms. The SMILES string of the molecule is O=P([O-])([O-])[O-].[Cu].c1cnsc1. The molecular formula is C3H3CuNO4PS-3. The van der Waals surface area contributed by atoms with E-state index >= 15 is 0 Å². The number of hydrogen-bond donors (Lipinski definition) is 0. The van der Waals surface area contributed by atoms with Gasteiger partial charge in [0.25, 0.3) is 0 Å². The van der Waals surface area contributed by atoms with Crippen LogP contribution in [0.3, 0.4) is 0 Å². The first-order chi connectivity index (χ1) is 4.50. The van der Waals surface area contributed by atoms with Gasteiger partial charge in [-0.25, -0.2) is 4.37 Å². The summed E-state index contributed by atoms with van der Waals surface area (Å²) in [6.45, 7) is 0. The van der Waals surface area contributed by atoms with Gasteiger partial charge in [0.15, 0.2) is 0 Å². The van der Waals surface area contributed by atoms with Gasteiger partial charge in [0.2, 0.25) is 0 Å². The summed E-state index contributed by atoms with van der Waals surface area (Å²) in [4.78, 5) is 25.6. The van der Waals surface area contributed by atoms with Crippen LogP contribution < -0.4 is 14.7 Å². The van der Waals surface area contributed by atoms with Crippen LogP contribution in [0.2, 0.25) is 0 Å². The summed E-state index contributed by atoms with van der Waals surface area (Å²) in [6, 6.07) is 1.91. The van der Waals surface area contributed by atoms with E-state index in [1.165, 1.54) is 11.5 Å². The van der Waals surface area contributed by atoms with Crippen LogP contribution in [0.1, 0.15) is 0 Å². The molecule has 0 fully saturated rings. The van der Waals surface area contributed by atoms with E-state index in [1.54, 1.807) is 6.20 Å². The van der Waals surface area contributed by atoms with Crippen LogP contribution >= 0.6 is 19.4 Å². The number of phosphoric acid groups is 1. The number of aromatic nitrogens is 1. The fourth-order valence-corrected chi connectivity index (χ4v) is 0.527. The quantitative estimate of drug-likeness (QED) is 0.400. The normalized spacial score (nSPS) is 9.00.